The van der Waals surface area contributed by atoms with Gasteiger partial charge >= 0.3 is 6.18 Å². The summed E-state index contributed by atoms with van der Waals surface area (Å²) in [7, 11) is 0. The van der Waals surface area contributed by atoms with Crippen molar-refractivity contribution in [2.75, 3.05) is 0 Å². The van der Waals surface area contributed by atoms with Gasteiger partial charge < -0.3 is 0 Å². The van der Waals surface area contributed by atoms with Gasteiger partial charge in [-0.05, 0) is 49.7 Å². The summed E-state index contributed by atoms with van der Waals surface area (Å²) in [6, 6.07) is 6.55. The molecule has 0 nitrogen and oxygen atoms in total. The fourth-order valence-electron chi connectivity index (χ4n) is 2.85. The highest BCUT2D eigenvalue weighted by Gasteiger charge is 2.42. The van der Waals surface area contributed by atoms with Gasteiger partial charge in [-0.25, -0.2) is 4.39 Å². The summed E-state index contributed by atoms with van der Waals surface area (Å²) in [6.45, 7) is 0. The van der Waals surface area contributed by atoms with Crippen LogP contribution in [-0.2, 0) is 6.42 Å². The van der Waals surface area contributed by atoms with E-state index >= 15 is 0 Å². The van der Waals surface area contributed by atoms with Crippen LogP contribution >= 0.6 is 15.9 Å². The number of hydrogen-bond donors (Lipinski definition) is 0. The minimum atomic E-state index is -4.07. The van der Waals surface area contributed by atoms with E-state index in [9.17, 15) is 17.6 Å². The molecule has 5 heteroatoms. The second-order valence-corrected chi connectivity index (χ2v) is 6.64. The molecule has 20 heavy (non-hydrogen) atoms. The Labute approximate surface area is 124 Å². The molecule has 0 saturated heterocycles. The molecule has 0 aliphatic heterocycles. The fraction of sp³-hybridized carbons (Fsp3) is 0.600. The van der Waals surface area contributed by atoms with E-state index in [2.05, 4.69) is 15.9 Å². The Morgan fingerprint density at radius 3 is 2.25 bits per heavy atom. The second-order valence-electron chi connectivity index (χ2n) is 5.46. The molecule has 1 fully saturated rings. The Morgan fingerprint density at radius 2 is 1.70 bits per heavy atom. The van der Waals surface area contributed by atoms with E-state index in [-0.39, 0.29) is 29.4 Å². The van der Waals surface area contributed by atoms with Crippen molar-refractivity contribution in [3.8, 4) is 0 Å². The van der Waals surface area contributed by atoms with E-state index in [4.69, 9.17) is 0 Å². The summed E-state index contributed by atoms with van der Waals surface area (Å²) in [5.74, 6) is -1.22. The lowest BCUT2D eigenvalue weighted by molar-refractivity contribution is -0.183. The van der Waals surface area contributed by atoms with Crippen LogP contribution in [0.2, 0.25) is 0 Å². The van der Waals surface area contributed by atoms with E-state index in [1.165, 1.54) is 6.07 Å². The van der Waals surface area contributed by atoms with E-state index in [1.54, 1.807) is 18.2 Å². The summed E-state index contributed by atoms with van der Waals surface area (Å²) in [5, 5.41) is 0. The van der Waals surface area contributed by atoms with Crippen molar-refractivity contribution in [3.05, 3.63) is 35.6 Å². The van der Waals surface area contributed by atoms with Crippen molar-refractivity contribution in [3.63, 3.8) is 0 Å². The minimum Gasteiger partial charge on any atom is -0.207 e. The maximum atomic E-state index is 13.6. The van der Waals surface area contributed by atoms with Crippen LogP contribution in [0.5, 0.6) is 0 Å². The molecule has 1 aliphatic carbocycles. The molecule has 1 aliphatic rings. The first-order valence-electron chi connectivity index (χ1n) is 6.82. The monoisotopic (exact) mass is 352 g/mol. The molecule has 0 bridgehead atoms. The van der Waals surface area contributed by atoms with Gasteiger partial charge in [0.2, 0.25) is 0 Å². The standard InChI is InChI=1S/C15H17BrF4/c16-13(9-11-3-1-2-4-14(11)17)10-5-7-12(8-6-10)15(18,19)20/h1-4,10,12-13H,5-9H2. The average Bonchev–Trinajstić information content (AvgIpc) is 2.40. The summed E-state index contributed by atoms with van der Waals surface area (Å²) in [6.07, 6.45) is -2.07. The van der Waals surface area contributed by atoms with Gasteiger partial charge in [0.1, 0.15) is 5.82 Å². The molecule has 1 unspecified atom stereocenters. The second kappa shape index (κ2) is 6.46. The largest absolute Gasteiger partial charge is 0.391 e. The van der Waals surface area contributed by atoms with Crippen LogP contribution in [0.3, 0.4) is 0 Å². The van der Waals surface area contributed by atoms with Gasteiger partial charge in [-0.1, -0.05) is 34.1 Å². The van der Waals surface area contributed by atoms with E-state index in [0.29, 0.717) is 24.8 Å². The van der Waals surface area contributed by atoms with Gasteiger partial charge in [0.15, 0.2) is 0 Å². The average molecular weight is 353 g/mol. The van der Waals surface area contributed by atoms with Crippen LogP contribution in [0, 0.1) is 17.7 Å². The number of rotatable bonds is 3. The third-order valence-electron chi connectivity index (χ3n) is 4.12. The third-order valence-corrected chi connectivity index (χ3v) is 5.19. The SMILES string of the molecule is Fc1ccccc1CC(Br)C1CCC(C(F)(F)F)CC1. The van der Waals surface area contributed by atoms with Gasteiger partial charge in [0.25, 0.3) is 0 Å². The number of hydrogen-bond acceptors (Lipinski definition) is 0. The first kappa shape index (κ1) is 15.8. The fourth-order valence-corrected chi connectivity index (χ4v) is 3.73. The molecule has 1 aromatic rings. The lowest BCUT2D eigenvalue weighted by Gasteiger charge is -2.32. The quantitative estimate of drug-likeness (QED) is 0.497. The highest BCUT2D eigenvalue weighted by Crippen LogP contribution is 2.42. The van der Waals surface area contributed by atoms with Crippen molar-refractivity contribution in [2.45, 2.75) is 43.1 Å². The van der Waals surface area contributed by atoms with Crippen molar-refractivity contribution < 1.29 is 17.6 Å². The van der Waals surface area contributed by atoms with Gasteiger partial charge in [-0.15, -0.1) is 0 Å². The molecule has 0 aromatic heterocycles. The first-order chi connectivity index (χ1) is 9.38. The zero-order valence-corrected chi connectivity index (χ0v) is 12.6. The van der Waals surface area contributed by atoms with Crippen LogP contribution in [0.15, 0.2) is 24.3 Å². The molecule has 1 atom stereocenters. The van der Waals surface area contributed by atoms with Crippen molar-refractivity contribution in [1.82, 2.24) is 0 Å². The molecule has 0 N–H and O–H groups in total. The lowest BCUT2D eigenvalue weighted by atomic mass is 9.79. The van der Waals surface area contributed by atoms with Gasteiger partial charge in [0.05, 0.1) is 5.92 Å². The van der Waals surface area contributed by atoms with Crippen LogP contribution < -0.4 is 0 Å². The van der Waals surface area contributed by atoms with Crippen LogP contribution in [-0.4, -0.2) is 11.0 Å². The zero-order valence-electron chi connectivity index (χ0n) is 11.0. The molecule has 112 valence electrons. The molecule has 1 saturated carbocycles. The predicted octanol–water partition coefficient (Wildman–Crippen LogP) is 5.50. The maximum Gasteiger partial charge on any atom is 0.391 e. The Balaban J connectivity index is 1.89. The Morgan fingerprint density at radius 1 is 1.10 bits per heavy atom. The number of halogens is 5. The molecule has 0 heterocycles. The smallest absolute Gasteiger partial charge is 0.207 e. The van der Waals surface area contributed by atoms with Crippen molar-refractivity contribution >= 4 is 15.9 Å². The topological polar surface area (TPSA) is 0 Å². The highest BCUT2D eigenvalue weighted by atomic mass is 79.9. The predicted molar refractivity (Wildman–Crippen MR) is 74.3 cm³/mol. The Kier molecular flexibility index (Phi) is 5.10. The van der Waals surface area contributed by atoms with Crippen LogP contribution in [0.1, 0.15) is 31.2 Å². The summed E-state index contributed by atoms with van der Waals surface area (Å²) in [4.78, 5) is 0.0357. The van der Waals surface area contributed by atoms with E-state index in [1.807, 2.05) is 0 Å². The third kappa shape index (κ3) is 3.96. The van der Waals surface area contributed by atoms with Crippen LogP contribution in [0.25, 0.3) is 0 Å². The molecular formula is C15H17BrF4. The van der Waals surface area contributed by atoms with Crippen molar-refractivity contribution in [1.29, 1.82) is 0 Å². The Bertz CT molecular complexity index is 436. The first-order valence-corrected chi connectivity index (χ1v) is 7.73. The lowest BCUT2D eigenvalue weighted by Crippen LogP contribution is -2.31. The van der Waals surface area contributed by atoms with E-state index in [0.717, 1.165) is 0 Å². The molecule has 0 amide bonds. The Hall–Kier alpha value is -0.580. The van der Waals surface area contributed by atoms with Crippen molar-refractivity contribution in [2.24, 2.45) is 11.8 Å². The highest BCUT2D eigenvalue weighted by molar-refractivity contribution is 9.09. The van der Waals surface area contributed by atoms with E-state index < -0.39 is 12.1 Å². The van der Waals surface area contributed by atoms with Crippen LogP contribution in [0.4, 0.5) is 17.6 Å². The zero-order chi connectivity index (χ0) is 14.8. The van der Waals surface area contributed by atoms with Gasteiger partial charge in [-0.3, -0.25) is 0 Å². The number of alkyl halides is 4. The maximum absolute atomic E-state index is 13.6. The molecule has 0 spiro atoms. The molecular weight excluding hydrogens is 336 g/mol. The summed E-state index contributed by atoms with van der Waals surface area (Å²) < 4.78 is 51.4. The normalized spacial score (nSPS) is 25.4. The minimum absolute atomic E-state index is 0.0357. The van der Waals surface area contributed by atoms with Gasteiger partial charge in [-0.2, -0.15) is 13.2 Å². The number of benzene rings is 1. The summed E-state index contributed by atoms with van der Waals surface area (Å²) >= 11 is 3.53. The molecule has 0 radical (unpaired) electrons. The molecule has 2 rings (SSSR count). The molecule has 1 aromatic carbocycles. The summed E-state index contributed by atoms with van der Waals surface area (Å²) in [5.41, 5.74) is 0.618. The van der Waals surface area contributed by atoms with Gasteiger partial charge in [0, 0.05) is 4.83 Å².